The van der Waals surface area contributed by atoms with Gasteiger partial charge in [-0.1, -0.05) is 0 Å². The van der Waals surface area contributed by atoms with Gasteiger partial charge in [-0.25, -0.2) is 0 Å². The fourth-order valence-electron chi connectivity index (χ4n) is 0. The molecule has 0 atom stereocenters. The first-order chi connectivity index (χ1) is 1.73. The summed E-state index contributed by atoms with van der Waals surface area (Å²) in [6, 6.07) is 0. The maximum absolute atomic E-state index is 9.04. The van der Waals surface area contributed by atoms with Gasteiger partial charge in [0.05, 0.1) is 5.24 Å². The fourth-order valence-corrected chi connectivity index (χ4v) is 0. The van der Waals surface area contributed by atoms with Crippen LogP contribution in [-0.4, -0.2) is 5.24 Å². The van der Waals surface area contributed by atoms with E-state index in [0.717, 1.165) is 0 Å². The summed E-state index contributed by atoms with van der Waals surface area (Å²) in [6.07, 6.45) is 0. The van der Waals surface area contributed by atoms with Crippen molar-refractivity contribution < 1.29 is 32.5 Å². The Hall–Kier alpha value is 0.625. The van der Waals surface area contributed by atoms with Gasteiger partial charge >= 0.3 is 27.7 Å². The zero-order valence-corrected chi connectivity index (χ0v) is 8.92. The van der Waals surface area contributed by atoms with Gasteiger partial charge < -0.3 is 23.2 Å². The molecule has 0 bridgehead atoms. The molecule has 0 rings (SSSR count). The van der Waals surface area contributed by atoms with Crippen molar-refractivity contribution >= 4 is 17.9 Å². The Bertz CT molecular complexity index is 34.6. The molecular formula is CH2HgNOS. The van der Waals surface area contributed by atoms with Crippen LogP contribution in [0, 0.1) is 0 Å². The molecule has 0 aromatic heterocycles. The zero-order valence-electron chi connectivity index (χ0n) is 2.60. The second kappa shape index (κ2) is 4.63. The van der Waals surface area contributed by atoms with Gasteiger partial charge in [-0.15, -0.1) is 0 Å². The van der Waals surface area contributed by atoms with Crippen LogP contribution in [0.15, 0.2) is 0 Å². The van der Waals surface area contributed by atoms with Gasteiger partial charge in [-0.05, 0) is 0 Å². The van der Waals surface area contributed by atoms with Gasteiger partial charge in [0.25, 0.3) is 0 Å². The molecule has 25 valence electrons. The predicted octanol–water partition coefficient (Wildman–Crippen LogP) is -0.390. The van der Waals surface area contributed by atoms with Crippen LogP contribution in [0.25, 0.3) is 0 Å². The Balaban J connectivity index is 0. The summed E-state index contributed by atoms with van der Waals surface area (Å²) in [5.74, 6) is 0. The number of carbonyl (C=O) groups excluding carboxylic acids is 1. The van der Waals surface area contributed by atoms with E-state index in [4.69, 9.17) is 4.79 Å². The van der Waals surface area contributed by atoms with E-state index >= 15 is 0 Å². The van der Waals surface area contributed by atoms with Crippen LogP contribution >= 0.6 is 0 Å². The van der Waals surface area contributed by atoms with Gasteiger partial charge in [0.15, 0.2) is 0 Å². The SMILES string of the molecule is NC(=O)[S-].[Hg+]. The van der Waals surface area contributed by atoms with Crippen molar-refractivity contribution in [2.24, 2.45) is 5.73 Å². The molecule has 1 amide bonds. The van der Waals surface area contributed by atoms with E-state index in [2.05, 4.69) is 18.4 Å². The third-order valence-electron chi connectivity index (χ3n) is 0. The first-order valence-electron chi connectivity index (χ1n) is 0.697. The van der Waals surface area contributed by atoms with Gasteiger partial charge in [-0.3, -0.25) is 0 Å². The second-order valence-electron chi connectivity index (χ2n) is 0.319. The first kappa shape index (κ1) is 9.16. The number of primary amides is 1. The number of rotatable bonds is 0. The second-order valence-corrected chi connectivity index (χ2v) is 0.721. The zero-order chi connectivity index (χ0) is 3.58. The molecule has 0 saturated carbocycles. The molecule has 0 aliphatic carbocycles. The maximum Gasteiger partial charge on any atom is 1.00 e. The monoisotopic (exact) mass is 278 g/mol. The summed E-state index contributed by atoms with van der Waals surface area (Å²) in [6.45, 7) is 0. The van der Waals surface area contributed by atoms with E-state index in [9.17, 15) is 0 Å². The normalized spacial score (nSPS) is 4.80. The van der Waals surface area contributed by atoms with Gasteiger partial charge in [-0.2, -0.15) is 0 Å². The van der Waals surface area contributed by atoms with Crippen molar-refractivity contribution in [1.29, 1.82) is 0 Å². The topological polar surface area (TPSA) is 43.1 Å². The third-order valence-corrected chi connectivity index (χ3v) is 0. The van der Waals surface area contributed by atoms with Crippen LogP contribution in [0.5, 0.6) is 0 Å². The molecule has 0 spiro atoms. The van der Waals surface area contributed by atoms with Crippen molar-refractivity contribution in [3.63, 3.8) is 0 Å². The minimum absolute atomic E-state index is 0. The molecule has 5 heavy (non-hydrogen) atoms. The van der Waals surface area contributed by atoms with Crippen LogP contribution < -0.4 is 5.73 Å². The largest absolute Gasteiger partial charge is 1.00 e. The van der Waals surface area contributed by atoms with Gasteiger partial charge in [0.2, 0.25) is 0 Å². The van der Waals surface area contributed by atoms with Gasteiger partial charge in [0.1, 0.15) is 0 Å². The smallest absolute Gasteiger partial charge is 0.719 e. The summed E-state index contributed by atoms with van der Waals surface area (Å²) >= 11 is 3.76. The van der Waals surface area contributed by atoms with Crippen LogP contribution in [0.3, 0.4) is 0 Å². The molecule has 0 saturated heterocycles. The van der Waals surface area contributed by atoms with E-state index < -0.39 is 5.24 Å². The summed E-state index contributed by atoms with van der Waals surface area (Å²) in [5, 5.41) is -0.750. The Morgan fingerprint density at radius 1 is 1.80 bits per heavy atom. The molecular weight excluding hydrogens is 275 g/mol. The molecule has 4 heteroatoms. The van der Waals surface area contributed by atoms with Crippen LogP contribution in [0.4, 0.5) is 4.79 Å². The molecule has 2 N–H and O–H groups in total. The van der Waals surface area contributed by atoms with Gasteiger partial charge in [0, 0.05) is 0 Å². The number of carbonyl (C=O) groups is 1. The summed E-state index contributed by atoms with van der Waals surface area (Å²) in [7, 11) is 0. The molecule has 0 fully saturated rings. The standard InChI is InChI=1S/CH3NOS.Hg/c2-1(3)4;/h(H3,2,3,4);/q;+1/p-1. The third kappa shape index (κ3) is 81.6. The molecule has 0 aliphatic heterocycles. The number of hydrogen-bond acceptors (Lipinski definition) is 2. The van der Waals surface area contributed by atoms with Crippen molar-refractivity contribution in [2.45, 2.75) is 0 Å². The summed E-state index contributed by atoms with van der Waals surface area (Å²) < 4.78 is 0. The number of hydrogen-bond donors (Lipinski definition) is 1. The Labute approximate surface area is 56.0 Å². The summed E-state index contributed by atoms with van der Waals surface area (Å²) in [4.78, 5) is 9.04. The Morgan fingerprint density at radius 2 is 1.80 bits per heavy atom. The van der Waals surface area contributed by atoms with Crippen molar-refractivity contribution in [2.75, 3.05) is 0 Å². The minimum Gasteiger partial charge on any atom is -0.719 e. The van der Waals surface area contributed by atoms with Crippen LogP contribution in [0.1, 0.15) is 0 Å². The van der Waals surface area contributed by atoms with Crippen LogP contribution in [0.2, 0.25) is 0 Å². The number of nitrogens with two attached hydrogens (primary N) is 1. The van der Waals surface area contributed by atoms with Crippen molar-refractivity contribution in [1.82, 2.24) is 0 Å². The Morgan fingerprint density at radius 3 is 1.80 bits per heavy atom. The molecule has 0 aliphatic rings. The van der Waals surface area contributed by atoms with Crippen molar-refractivity contribution in [3.05, 3.63) is 0 Å². The van der Waals surface area contributed by atoms with E-state index in [0.29, 0.717) is 0 Å². The summed E-state index contributed by atoms with van der Waals surface area (Å²) in [5.41, 5.74) is 4.29. The predicted molar refractivity (Wildman–Crippen MR) is 16.9 cm³/mol. The van der Waals surface area contributed by atoms with E-state index in [1.807, 2.05) is 0 Å². The minimum atomic E-state index is -0.750. The Kier molecular flexibility index (Phi) is 8.47. The average molecular weight is 277 g/mol. The first-order valence-corrected chi connectivity index (χ1v) is 1.11. The average Bonchev–Trinajstić information content (AvgIpc) is 0.811. The van der Waals surface area contributed by atoms with E-state index in [-0.39, 0.29) is 27.7 Å². The molecule has 1 radical (unpaired) electrons. The van der Waals surface area contributed by atoms with Crippen LogP contribution in [-0.2, 0) is 40.3 Å². The molecule has 0 heterocycles. The fraction of sp³-hybridized carbons (Fsp3) is 0. The van der Waals surface area contributed by atoms with E-state index in [1.54, 1.807) is 0 Å². The quantitative estimate of drug-likeness (QED) is 0.484. The molecule has 0 aromatic rings. The maximum atomic E-state index is 9.04. The van der Waals surface area contributed by atoms with E-state index in [1.165, 1.54) is 0 Å². The molecule has 0 unspecified atom stereocenters. The molecule has 2 nitrogen and oxygen atoms in total. The number of amides is 1. The molecule has 0 aromatic carbocycles. The van der Waals surface area contributed by atoms with Crippen molar-refractivity contribution in [3.8, 4) is 0 Å².